The van der Waals surface area contributed by atoms with Crippen molar-refractivity contribution >= 4 is 17.4 Å². The van der Waals surface area contributed by atoms with Crippen LogP contribution in [0, 0.1) is 0 Å². The van der Waals surface area contributed by atoms with Crippen molar-refractivity contribution < 1.29 is 28.9 Å². The second kappa shape index (κ2) is 14.6. The van der Waals surface area contributed by atoms with Crippen molar-refractivity contribution in [2.45, 2.75) is 53.0 Å². The maximum Gasteiger partial charge on any atom is 0.295 e. The molecule has 8 nitrogen and oxygen atoms in total. The highest BCUT2D eigenvalue weighted by molar-refractivity contribution is 6.46. The van der Waals surface area contributed by atoms with Crippen LogP contribution in [0.5, 0.6) is 17.2 Å². The second-order valence-corrected chi connectivity index (χ2v) is 9.45. The van der Waals surface area contributed by atoms with Crippen molar-refractivity contribution in [3.05, 3.63) is 59.2 Å². The minimum Gasteiger partial charge on any atom is -0.507 e. The van der Waals surface area contributed by atoms with Gasteiger partial charge in [-0.2, -0.15) is 0 Å². The standard InChI is InChI=1S/C31H42N2O6/c1-6-10-19-39-24-14-11-13-23(20-24)29(34)27-28(22-15-16-25(38-9-4)26(21-22)37-5)33(31(36)30(27)35)18-12-17-32(7-2)8-3/h11,13-16,20-21,28,34H,6-10,12,17-19H2,1-5H3. The Morgan fingerprint density at radius 1 is 0.974 bits per heavy atom. The third kappa shape index (κ3) is 7.12. The van der Waals surface area contributed by atoms with E-state index in [9.17, 15) is 14.7 Å². The van der Waals surface area contributed by atoms with Crippen molar-refractivity contribution in [2.75, 3.05) is 46.5 Å². The van der Waals surface area contributed by atoms with Crippen LogP contribution >= 0.6 is 0 Å². The molecule has 212 valence electrons. The summed E-state index contributed by atoms with van der Waals surface area (Å²) in [5, 5.41) is 11.5. The Morgan fingerprint density at radius 3 is 2.41 bits per heavy atom. The first-order chi connectivity index (χ1) is 18.9. The van der Waals surface area contributed by atoms with E-state index in [4.69, 9.17) is 14.2 Å². The monoisotopic (exact) mass is 538 g/mol. The number of carbonyl (C=O) groups is 2. The highest BCUT2D eigenvalue weighted by Crippen LogP contribution is 2.42. The molecule has 3 rings (SSSR count). The SMILES string of the molecule is CCCCOc1cccc(C(O)=C2C(=O)C(=O)N(CCCN(CC)CC)C2c2ccc(OCC)c(OC)c2)c1. The first-order valence-electron chi connectivity index (χ1n) is 13.9. The summed E-state index contributed by atoms with van der Waals surface area (Å²) in [7, 11) is 1.55. The lowest BCUT2D eigenvalue weighted by atomic mass is 9.95. The molecule has 2 aromatic rings. The molecule has 0 spiro atoms. The molecule has 0 aromatic heterocycles. The fraction of sp³-hybridized carbons (Fsp3) is 0.484. The molecule has 1 heterocycles. The molecule has 39 heavy (non-hydrogen) atoms. The molecule has 1 aliphatic heterocycles. The quantitative estimate of drug-likeness (QED) is 0.140. The lowest BCUT2D eigenvalue weighted by Crippen LogP contribution is -2.33. The van der Waals surface area contributed by atoms with Gasteiger partial charge in [-0.15, -0.1) is 0 Å². The number of methoxy groups -OCH3 is 1. The zero-order valence-electron chi connectivity index (χ0n) is 23.9. The number of hydrogen-bond acceptors (Lipinski definition) is 7. The molecule has 0 radical (unpaired) electrons. The van der Waals surface area contributed by atoms with Gasteiger partial charge in [0.05, 0.1) is 31.9 Å². The van der Waals surface area contributed by atoms with Crippen LogP contribution in [0.4, 0.5) is 0 Å². The topological polar surface area (TPSA) is 88.5 Å². The predicted molar refractivity (Wildman–Crippen MR) is 152 cm³/mol. The van der Waals surface area contributed by atoms with Crippen LogP contribution in [0.1, 0.15) is 64.1 Å². The number of rotatable bonds is 15. The van der Waals surface area contributed by atoms with E-state index in [1.165, 1.54) is 0 Å². The van der Waals surface area contributed by atoms with E-state index < -0.39 is 17.7 Å². The van der Waals surface area contributed by atoms with Gasteiger partial charge in [0.25, 0.3) is 11.7 Å². The number of benzene rings is 2. The Morgan fingerprint density at radius 2 is 1.74 bits per heavy atom. The van der Waals surface area contributed by atoms with Gasteiger partial charge >= 0.3 is 0 Å². The summed E-state index contributed by atoms with van der Waals surface area (Å²) in [6.45, 7) is 12.2. The Bertz CT molecular complexity index is 1160. The molecule has 1 amide bonds. The van der Waals surface area contributed by atoms with Crippen molar-refractivity contribution in [1.29, 1.82) is 0 Å². The molecule has 8 heteroatoms. The van der Waals surface area contributed by atoms with Gasteiger partial charge in [-0.3, -0.25) is 9.59 Å². The van der Waals surface area contributed by atoms with Crippen LogP contribution in [0.2, 0.25) is 0 Å². The van der Waals surface area contributed by atoms with Crippen molar-refractivity contribution in [2.24, 2.45) is 0 Å². The van der Waals surface area contributed by atoms with E-state index in [1.54, 1.807) is 42.3 Å². The van der Waals surface area contributed by atoms with Crippen LogP contribution in [-0.2, 0) is 9.59 Å². The van der Waals surface area contributed by atoms with Gasteiger partial charge in [-0.05, 0) is 69.2 Å². The average Bonchev–Trinajstić information content (AvgIpc) is 3.20. The molecule has 0 saturated carbocycles. The molecule has 1 saturated heterocycles. The Labute approximate surface area is 232 Å². The number of aliphatic hydroxyl groups excluding tert-OH is 1. The number of ketones is 1. The van der Waals surface area contributed by atoms with Crippen LogP contribution in [0.15, 0.2) is 48.0 Å². The molecule has 1 atom stereocenters. The van der Waals surface area contributed by atoms with Gasteiger partial charge in [-0.1, -0.05) is 45.4 Å². The van der Waals surface area contributed by atoms with E-state index in [2.05, 4.69) is 25.7 Å². The summed E-state index contributed by atoms with van der Waals surface area (Å²) in [5.41, 5.74) is 1.14. The van der Waals surface area contributed by atoms with Crippen LogP contribution in [-0.4, -0.2) is 73.1 Å². The normalized spacial score (nSPS) is 16.7. The highest BCUT2D eigenvalue weighted by Gasteiger charge is 2.46. The number of Topliss-reactive ketones (excluding diaryl/α,β-unsaturated/α-hetero) is 1. The molecule has 1 aliphatic rings. The predicted octanol–water partition coefficient (Wildman–Crippen LogP) is 5.43. The summed E-state index contributed by atoms with van der Waals surface area (Å²) in [4.78, 5) is 30.6. The first-order valence-corrected chi connectivity index (χ1v) is 13.9. The Kier molecular flexibility index (Phi) is 11.2. The number of ether oxygens (including phenoxy) is 3. The van der Waals surface area contributed by atoms with Crippen molar-refractivity contribution in [3.8, 4) is 17.2 Å². The lowest BCUT2D eigenvalue weighted by Gasteiger charge is -2.27. The van der Waals surface area contributed by atoms with E-state index in [0.717, 1.165) is 32.5 Å². The van der Waals surface area contributed by atoms with E-state index >= 15 is 0 Å². The molecule has 0 aliphatic carbocycles. The maximum atomic E-state index is 13.4. The van der Waals surface area contributed by atoms with Crippen LogP contribution in [0.3, 0.4) is 0 Å². The second-order valence-electron chi connectivity index (χ2n) is 9.45. The third-order valence-corrected chi connectivity index (χ3v) is 6.99. The largest absolute Gasteiger partial charge is 0.507 e. The van der Waals surface area contributed by atoms with Crippen LogP contribution < -0.4 is 14.2 Å². The van der Waals surface area contributed by atoms with Gasteiger partial charge in [0, 0.05) is 12.1 Å². The smallest absolute Gasteiger partial charge is 0.295 e. The number of hydrogen-bond donors (Lipinski definition) is 1. The van der Waals surface area contributed by atoms with Gasteiger partial charge < -0.3 is 29.1 Å². The number of unbranched alkanes of at least 4 members (excludes halogenated alkanes) is 1. The number of aliphatic hydroxyl groups is 1. The third-order valence-electron chi connectivity index (χ3n) is 6.99. The Balaban J connectivity index is 2.06. The van der Waals surface area contributed by atoms with Crippen LogP contribution in [0.25, 0.3) is 5.76 Å². The summed E-state index contributed by atoms with van der Waals surface area (Å²) in [6, 6.07) is 11.6. The summed E-state index contributed by atoms with van der Waals surface area (Å²) >= 11 is 0. The highest BCUT2D eigenvalue weighted by atomic mass is 16.5. The molecule has 2 aromatic carbocycles. The van der Waals surface area contributed by atoms with E-state index in [1.807, 2.05) is 19.1 Å². The lowest BCUT2D eigenvalue weighted by molar-refractivity contribution is -0.140. The average molecular weight is 539 g/mol. The fourth-order valence-electron chi connectivity index (χ4n) is 4.81. The van der Waals surface area contributed by atoms with Crippen molar-refractivity contribution in [3.63, 3.8) is 0 Å². The van der Waals surface area contributed by atoms with Gasteiger partial charge in [-0.25, -0.2) is 0 Å². The van der Waals surface area contributed by atoms with Gasteiger partial charge in [0.15, 0.2) is 11.5 Å². The minimum absolute atomic E-state index is 0.0553. The fourth-order valence-corrected chi connectivity index (χ4v) is 4.81. The molecular formula is C31H42N2O6. The molecule has 1 unspecified atom stereocenters. The molecule has 1 N–H and O–H groups in total. The van der Waals surface area contributed by atoms with Gasteiger partial charge in [0.1, 0.15) is 11.5 Å². The molecule has 0 bridgehead atoms. The summed E-state index contributed by atoms with van der Waals surface area (Å²) in [5.74, 6) is 0.113. The zero-order chi connectivity index (χ0) is 28.4. The number of carbonyl (C=O) groups excluding carboxylic acids is 2. The minimum atomic E-state index is -0.768. The number of nitrogens with zero attached hydrogens (tertiary/aromatic N) is 2. The maximum absolute atomic E-state index is 13.4. The Hall–Kier alpha value is -3.52. The molecular weight excluding hydrogens is 496 g/mol. The van der Waals surface area contributed by atoms with E-state index in [0.29, 0.717) is 54.6 Å². The number of amides is 1. The van der Waals surface area contributed by atoms with Gasteiger partial charge in [0.2, 0.25) is 0 Å². The summed E-state index contributed by atoms with van der Waals surface area (Å²) < 4.78 is 17.0. The first kappa shape index (κ1) is 30.0. The molecule has 1 fully saturated rings. The number of likely N-dealkylation sites (tertiary alicyclic amines) is 1. The summed E-state index contributed by atoms with van der Waals surface area (Å²) in [6.07, 6.45) is 2.61. The van der Waals surface area contributed by atoms with Crippen molar-refractivity contribution in [1.82, 2.24) is 9.80 Å². The zero-order valence-corrected chi connectivity index (χ0v) is 23.9. The van der Waals surface area contributed by atoms with E-state index in [-0.39, 0.29) is 11.3 Å².